The van der Waals surface area contributed by atoms with Gasteiger partial charge in [-0.25, -0.2) is 9.59 Å². The van der Waals surface area contributed by atoms with E-state index < -0.39 is 11.9 Å². The second-order valence-corrected chi connectivity index (χ2v) is 8.16. The largest absolute Gasteiger partial charge is 0.473 e. The fourth-order valence-corrected chi connectivity index (χ4v) is 4.28. The van der Waals surface area contributed by atoms with Crippen LogP contribution in [0.15, 0.2) is 72.9 Å². The summed E-state index contributed by atoms with van der Waals surface area (Å²) in [5, 5.41) is 18.9. The maximum absolute atomic E-state index is 9.10. The second-order valence-electron chi connectivity index (χ2n) is 8.16. The van der Waals surface area contributed by atoms with Gasteiger partial charge in [0.05, 0.1) is 0 Å². The van der Waals surface area contributed by atoms with Gasteiger partial charge in [0.2, 0.25) is 0 Å². The van der Waals surface area contributed by atoms with Crippen molar-refractivity contribution < 1.29 is 19.8 Å². The van der Waals surface area contributed by atoms with E-state index in [1.807, 2.05) is 0 Å². The molecule has 3 aromatic carbocycles. The molecule has 1 aliphatic heterocycles. The van der Waals surface area contributed by atoms with Crippen LogP contribution in [-0.4, -0.2) is 63.1 Å². The summed E-state index contributed by atoms with van der Waals surface area (Å²) in [6, 6.07) is 24.0. The summed E-state index contributed by atoms with van der Waals surface area (Å²) in [7, 11) is 0. The molecule has 0 atom stereocenters. The van der Waals surface area contributed by atoms with Gasteiger partial charge < -0.3 is 15.2 Å². The lowest BCUT2D eigenvalue weighted by Crippen LogP contribution is -2.45. The van der Waals surface area contributed by atoms with Crippen LogP contribution >= 0.6 is 0 Å². The lowest BCUT2D eigenvalue weighted by atomic mass is 10.0. The van der Waals surface area contributed by atoms with Crippen molar-refractivity contribution in [1.82, 2.24) is 14.8 Å². The van der Waals surface area contributed by atoms with Crippen molar-refractivity contribution in [2.75, 3.05) is 26.2 Å². The highest BCUT2D eigenvalue weighted by atomic mass is 16.4. The van der Waals surface area contributed by atoms with E-state index in [0.29, 0.717) is 0 Å². The van der Waals surface area contributed by atoms with Crippen molar-refractivity contribution in [3.05, 3.63) is 84.1 Å². The van der Waals surface area contributed by atoms with E-state index in [0.717, 1.165) is 39.3 Å². The van der Waals surface area contributed by atoms with Gasteiger partial charge in [0, 0.05) is 56.4 Å². The SMILES string of the molecule is O=C(O)C(=O)O.c1ccc2c(CN3CCN(Cc4c[nH]c5ccccc45)CC3)cccc2c1. The molecular weight excluding hydrogens is 418 g/mol. The Kier molecular flexibility index (Phi) is 7.02. The van der Waals surface area contributed by atoms with Crippen LogP contribution in [0.2, 0.25) is 0 Å². The van der Waals surface area contributed by atoms with Crippen LogP contribution in [0.5, 0.6) is 0 Å². The minimum atomic E-state index is -1.82. The number of hydrogen-bond acceptors (Lipinski definition) is 4. The number of nitrogens with one attached hydrogen (secondary N) is 1. The van der Waals surface area contributed by atoms with Crippen LogP contribution in [0.25, 0.3) is 21.7 Å². The van der Waals surface area contributed by atoms with E-state index in [1.165, 1.54) is 32.8 Å². The van der Waals surface area contributed by atoms with Crippen molar-refractivity contribution in [3.63, 3.8) is 0 Å². The van der Waals surface area contributed by atoms with Crippen molar-refractivity contribution in [1.29, 1.82) is 0 Å². The Morgan fingerprint density at radius 3 is 1.91 bits per heavy atom. The number of aliphatic carboxylic acids is 2. The molecular formula is C26H27N3O4. The number of carboxylic acids is 2. The van der Waals surface area contributed by atoms with Gasteiger partial charge in [-0.15, -0.1) is 0 Å². The summed E-state index contributed by atoms with van der Waals surface area (Å²) >= 11 is 0. The van der Waals surface area contributed by atoms with Crippen LogP contribution in [-0.2, 0) is 22.7 Å². The lowest BCUT2D eigenvalue weighted by molar-refractivity contribution is -0.159. The molecule has 0 radical (unpaired) electrons. The molecule has 0 unspecified atom stereocenters. The van der Waals surface area contributed by atoms with Gasteiger partial charge in [0.15, 0.2) is 0 Å². The van der Waals surface area contributed by atoms with Crippen molar-refractivity contribution in [3.8, 4) is 0 Å². The number of aromatic amines is 1. The Labute approximate surface area is 191 Å². The molecule has 0 spiro atoms. The zero-order valence-electron chi connectivity index (χ0n) is 18.3. The number of rotatable bonds is 4. The topological polar surface area (TPSA) is 96.9 Å². The van der Waals surface area contributed by atoms with Gasteiger partial charge in [0.25, 0.3) is 0 Å². The highest BCUT2D eigenvalue weighted by Crippen LogP contribution is 2.22. The van der Waals surface area contributed by atoms with Crippen molar-refractivity contribution in [2.24, 2.45) is 0 Å². The van der Waals surface area contributed by atoms with Gasteiger partial charge in [-0.05, 0) is 28.0 Å². The molecule has 3 N–H and O–H groups in total. The number of benzene rings is 3. The molecule has 7 heteroatoms. The number of nitrogens with zero attached hydrogens (tertiary/aromatic N) is 2. The Hall–Kier alpha value is -3.68. The number of carbonyl (C=O) groups is 2. The third kappa shape index (κ3) is 5.58. The first-order valence-corrected chi connectivity index (χ1v) is 10.9. The normalized spacial score (nSPS) is 14.7. The van der Waals surface area contributed by atoms with Gasteiger partial charge in [-0.3, -0.25) is 9.80 Å². The zero-order valence-corrected chi connectivity index (χ0v) is 18.3. The third-order valence-corrected chi connectivity index (χ3v) is 5.99. The summed E-state index contributed by atoms with van der Waals surface area (Å²) in [5.74, 6) is -3.65. The number of carboxylic acid groups (broad SMARTS) is 2. The summed E-state index contributed by atoms with van der Waals surface area (Å²) in [4.78, 5) is 26.8. The fourth-order valence-electron chi connectivity index (χ4n) is 4.28. The van der Waals surface area contributed by atoms with Crippen molar-refractivity contribution >= 4 is 33.6 Å². The molecule has 0 saturated carbocycles. The Bertz CT molecular complexity index is 1240. The summed E-state index contributed by atoms with van der Waals surface area (Å²) < 4.78 is 0. The van der Waals surface area contributed by atoms with Crippen LogP contribution < -0.4 is 0 Å². The highest BCUT2D eigenvalue weighted by Gasteiger charge is 2.18. The molecule has 1 fully saturated rings. The first-order chi connectivity index (χ1) is 16.0. The number of aromatic nitrogens is 1. The number of H-pyrrole nitrogens is 1. The predicted octanol–water partition coefficient (Wildman–Crippen LogP) is 3.79. The molecule has 1 saturated heterocycles. The Morgan fingerprint density at radius 2 is 1.24 bits per heavy atom. The highest BCUT2D eigenvalue weighted by molar-refractivity contribution is 6.27. The van der Waals surface area contributed by atoms with Gasteiger partial charge in [-0.2, -0.15) is 0 Å². The van der Waals surface area contributed by atoms with E-state index in [1.54, 1.807) is 0 Å². The average Bonchev–Trinajstić information content (AvgIpc) is 3.24. The molecule has 0 aliphatic carbocycles. The minimum Gasteiger partial charge on any atom is -0.473 e. The standard InChI is InChI=1S/C24H25N3.C2H2O4/c1-2-9-22-19(6-1)7-5-8-20(22)17-26-12-14-27(15-13-26)18-21-16-25-24-11-4-3-10-23(21)24;3-1(4)2(5)6/h1-11,16,25H,12-15,17-18H2;(H,3,4)(H,5,6). The number of para-hydroxylation sites is 1. The molecule has 7 nitrogen and oxygen atoms in total. The third-order valence-electron chi connectivity index (χ3n) is 5.99. The van der Waals surface area contributed by atoms with E-state index >= 15 is 0 Å². The van der Waals surface area contributed by atoms with E-state index in [-0.39, 0.29) is 0 Å². The Morgan fingerprint density at radius 1 is 0.697 bits per heavy atom. The van der Waals surface area contributed by atoms with Crippen LogP contribution in [0, 0.1) is 0 Å². The number of fused-ring (bicyclic) bond motifs is 2. The first-order valence-electron chi connectivity index (χ1n) is 10.9. The number of hydrogen-bond donors (Lipinski definition) is 3. The summed E-state index contributed by atoms with van der Waals surface area (Å²) in [6.45, 7) is 6.60. The quantitative estimate of drug-likeness (QED) is 0.414. The molecule has 4 aromatic rings. The maximum atomic E-state index is 9.10. The lowest BCUT2D eigenvalue weighted by Gasteiger charge is -2.34. The minimum absolute atomic E-state index is 1.03. The van der Waals surface area contributed by atoms with Gasteiger partial charge in [0.1, 0.15) is 0 Å². The molecule has 2 heterocycles. The second kappa shape index (κ2) is 10.3. The fraction of sp³-hybridized carbons (Fsp3) is 0.231. The summed E-state index contributed by atoms with van der Waals surface area (Å²) in [5.41, 5.74) is 4.09. The summed E-state index contributed by atoms with van der Waals surface area (Å²) in [6.07, 6.45) is 2.17. The average molecular weight is 446 g/mol. The van der Waals surface area contributed by atoms with E-state index in [9.17, 15) is 0 Å². The molecule has 0 bridgehead atoms. The maximum Gasteiger partial charge on any atom is 0.414 e. The van der Waals surface area contributed by atoms with E-state index in [2.05, 4.69) is 87.7 Å². The zero-order chi connectivity index (χ0) is 23.2. The van der Waals surface area contributed by atoms with Crippen LogP contribution in [0.1, 0.15) is 11.1 Å². The predicted molar refractivity (Wildman–Crippen MR) is 128 cm³/mol. The van der Waals surface area contributed by atoms with Crippen molar-refractivity contribution in [2.45, 2.75) is 13.1 Å². The molecule has 170 valence electrons. The number of piperazine rings is 1. The monoisotopic (exact) mass is 445 g/mol. The smallest absolute Gasteiger partial charge is 0.414 e. The van der Waals surface area contributed by atoms with Gasteiger partial charge >= 0.3 is 11.9 Å². The Balaban J connectivity index is 0.000000385. The molecule has 1 aliphatic rings. The molecule has 1 aromatic heterocycles. The van der Waals surface area contributed by atoms with Gasteiger partial charge in [-0.1, -0.05) is 60.7 Å². The first kappa shape index (κ1) is 22.5. The molecule has 33 heavy (non-hydrogen) atoms. The molecule has 5 rings (SSSR count). The van der Waals surface area contributed by atoms with Crippen LogP contribution in [0.3, 0.4) is 0 Å². The molecule has 0 amide bonds. The van der Waals surface area contributed by atoms with E-state index in [4.69, 9.17) is 19.8 Å². The van der Waals surface area contributed by atoms with Crippen LogP contribution in [0.4, 0.5) is 0 Å².